The molecule has 3 N–H and O–H groups in total. The lowest BCUT2D eigenvalue weighted by Crippen LogP contribution is -2.38. The van der Waals surface area contributed by atoms with Gasteiger partial charge in [-0.25, -0.2) is 0 Å². The van der Waals surface area contributed by atoms with Crippen molar-refractivity contribution in [2.75, 3.05) is 5.75 Å². The molecule has 0 aromatic rings. The minimum Gasteiger partial charge on any atom is -0.480 e. The second-order valence-corrected chi connectivity index (χ2v) is 5.92. The van der Waals surface area contributed by atoms with Crippen LogP contribution in [0.2, 0.25) is 0 Å². The molecular formula is C11H21NO3S. The van der Waals surface area contributed by atoms with Gasteiger partial charge in [0.15, 0.2) is 0 Å². The monoisotopic (exact) mass is 247 g/mol. The van der Waals surface area contributed by atoms with Crippen molar-refractivity contribution >= 4 is 17.7 Å². The number of carbonyl (C=O) groups is 1. The fourth-order valence-corrected chi connectivity index (χ4v) is 2.35. The second-order valence-electron chi connectivity index (χ2n) is 4.44. The van der Waals surface area contributed by atoms with Crippen molar-refractivity contribution in [3.63, 3.8) is 0 Å². The Bertz CT molecular complexity index is 231. The molecule has 5 heteroatoms. The summed E-state index contributed by atoms with van der Waals surface area (Å²) in [7, 11) is 0. The number of carboxylic acids is 1. The van der Waals surface area contributed by atoms with Gasteiger partial charge in [0.25, 0.3) is 0 Å². The summed E-state index contributed by atoms with van der Waals surface area (Å²) in [6.45, 7) is 3.72. The summed E-state index contributed by atoms with van der Waals surface area (Å²) in [5, 5.41) is 21.6. The van der Waals surface area contributed by atoms with E-state index in [1.165, 1.54) is 0 Å². The molecule has 0 radical (unpaired) electrons. The van der Waals surface area contributed by atoms with Crippen molar-refractivity contribution < 1.29 is 15.0 Å². The quantitative estimate of drug-likeness (QED) is 0.599. The van der Waals surface area contributed by atoms with E-state index in [4.69, 9.17) is 5.11 Å². The predicted molar refractivity (Wildman–Crippen MR) is 65.8 cm³/mol. The highest BCUT2D eigenvalue weighted by atomic mass is 32.2. The summed E-state index contributed by atoms with van der Waals surface area (Å²) in [6.07, 6.45) is 2.47. The van der Waals surface area contributed by atoms with E-state index in [0.29, 0.717) is 12.5 Å². The molecule has 0 spiro atoms. The average Bonchev–Trinajstić information content (AvgIpc) is 2.99. The van der Waals surface area contributed by atoms with Crippen LogP contribution in [0.15, 0.2) is 0 Å². The molecular weight excluding hydrogens is 226 g/mol. The zero-order valence-electron chi connectivity index (χ0n) is 9.85. The Balaban J connectivity index is 2.18. The van der Waals surface area contributed by atoms with E-state index < -0.39 is 12.0 Å². The molecule has 1 aliphatic rings. The minimum absolute atomic E-state index is 0.162. The first-order valence-corrected chi connectivity index (χ1v) is 6.84. The van der Waals surface area contributed by atoms with Crippen LogP contribution in [0.25, 0.3) is 0 Å². The van der Waals surface area contributed by atoms with Crippen LogP contribution in [-0.2, 0) is 4.79 Å². The third-order valence-corrected chi connectivity index (χ3v) is 4.17. The number of aliphatic hydroxyl groups is 1. The second kappa shape index (κ2) is 6.47. The summed E-state index contributed by atoms with van der Waals surface area (Å²) < 4.78 is 0. The standard InChI is InChI=1S/C11H21NO3S/c1-7(13)8(2)16-6-5-10(11(14)15)12-9-3-4-9/h7-10,12-13H,3-6H2,1-2H3,(H,14,15). The number of aliphatic hydroxyl groups excluding tert-OH is 1. The molecule has 1 aliphatic carbocycles. The normalized spacial score (nSPS) is 21.4. The van der Waals surface area contributed by atoms with Crippen molar-refractivity contribution in [3.8, 4) is 0 Å². The highest BCUT2D eigenvalue weighted by molar-refractivity contribution is 7.99. The minimum atomic E-state index is -0.766. The van der Waals surface area contributed by atoms with Crippen LogP contribution in [0, 0.1) is 0 Å². The van der Waals surface area contributed by atoms with Crippen molar-refractivity contribution in [2.45, 2.75) is 56.5 Å². The SMILES string of the molecule is CC(O)C(C)SCCC(NC1CC1)C(=O)O. The summed E-state index contributed by atoms with van der Waals surface area (Å²) in [6, 6.07) is -0.0125. The Morgan fingerprint density at radius 1 is 1.50 bits per heavy atom. The van der Waals surface area contributed by atoms with Crippen LogP contribution >= 0.6 is 11.8 Å². The lowest BCUT2D eigenvalue weighted by molar-refractivity contribution is -0.139. The van der Waals surface area contributed by atoms with Crippen LogP contribution in [0.5, 0.6) is 0 Å². The molecule has 3 atom stereocenters. The van der Waals surface area contributed by atoms with Gasteiger partial charge in [-0.3, -0.25) is 4.79 Å². The van der Waals surface area contributed by atoms with Gasteiger partial charge in [-0.2, -0.15) is 11.8 Å². The number of carboxylic acid groups (broad SMARTS) is 1. The molecule has 0 aromatic heterocycles. The van der Waals surface area contributed by atoms with Crippen molar-refractivity contribution in [1.82, 2.24) is 5.32 Å². The molecule has 1 rings (SSSR count). The van der Waals surface area contributed by atoms with Gasteiger partial charge in [-0.05, 0) is 31.9 Å². The molecule has 16 heavy (non-hydrogen) atoms. The van der Waals surface area contributed by atoms with E-state index in [1.54, 1.807) is 18.7 Å². The average molecular weight is 247 g/mol. The van der Waals surface area contributed by atoms with E-state index in [0.717, 1.165) is 18.6 Å². The van der Waals surface area contributed by atoms with Crippen molar-refractivity contribution in [3.05, 3.63) is 0 Å². The largest absolute Gasteiger partial charge is 0.480 e. The van der Waals surface area contributed by atoms with Crippen LogP contribution in [0.1, 0.15) is 33.1 Å². The summed E-state index contributed by atoms with van der Waals surface area (Å²) >= 11 is 1.62. The van der Waals surface area contributed by atoms with Crippen LogP contribution in [-0.4, -0.2) is 45.4 Å². The molecule has 0 aromatic carbocycles. The molecule has 3 unspecified atom stereocenters. The fraction of sp³-hybridized carbons (Fsp3) is 0.909. The van der Waals surface area contributed by atoms with Gasteiger partial charge < -0.3 is 15.5 Å². The number of hydrogen-bond acceptors (Lipinski definition) is 4. The molecule has 0 saturated heterocycles. The Morgan fingerprint density at radius 2 is 2.12 bits per heavy atom. The van der Waals surface area contributed by atoms with Gasteiger partial charge in [0.05, 0.1) is 6.10 Å². The maximum Gasteiger partial charge on any atom is 0.320 e. The Labute approximate surface area is 101 Å². The first-order valence-electron chi connectivity index (χ1n) is 5.79. The summed E-state index contributed by atoms with van der Waals surface area (Å²) in [5.41, 5.74) is 0. The molecule has 0 bridgehead atoms. The molecule has 4 nitrogen and oxygen atoms in total. The molecule has 0 heterocycles. The number of rotatable bonds is 8. The Kier molecular flexibility index (Phi) is 5.58. The molecule has 1 fully saturated rings. The first-order chi connectivity index (χ1) is 7.50. The van der Waals surface area contributed by atoms with E-state index >= 15 is 0 Å². The van der Waals surface area contributed by atoms with Gasteiger partial charge >= 0.3 is 5.97 Å². The van der Waals surface area contributed by atoms with Crippen molar-refractivity contribution in [2.24, 2.45) is 0 Å². The maximum absolute atomic E-state index is 11.0. The first kappa shape index (κ1) is 13.8. The molecule has 1 saturated carbocycles. The van der Waals surface area contributed by atoms with E-state index in [-0.39, 0.29) is 11.4 Å². The molecule has 0 amide bonds. The number of thioether (sulfide) groups is 1. The fourth-order valence-electron chi connectivity index (χ4n) is 1.32. The number of aliphatic carboxylic acids is 1. The highest BCUT2D eigenvalue weighted by Crippen LogP contribution is 2.21. The smallest absolute Gasteiger partial charge is 0.320 e. The highest BCUT2D eigenvalue weighted by Gasteiger charge is 2.27. The van der Waals surface area contributed by atoms with Gasteiger partial charge in [0.2, 0.25) is 0 Å². The lowest BCUT2D eigenvalue weighted by Gasteiger charge is -2.17. The van der Waals surface area contributed by atoms with Gasteiger partial charge in [0.1, 0.15) is 6.04 Å². The third kappa shape index (κ3) is 5.18. The van der Waals surface area contributed by atoms with Crippen molar-refractivity contribution in [1.29, 1.82) is 0 Å². The lowest BCUT2D eigenvalue weighted by atomic mass is 10.2. The van der Waals surface area contributed by atoms with Crippen LogP contribution in [0.4, 0.5) is 0 Å². The zero-order chi connectivity index (χ0) is 12.1. The van der Waals surface area contributed by atoms with Gasteiger partial charge in [0, 0.05) is 11.3 Å². The van der Waals surface area contributed by atoms with Crippen LogP contribution in [0.3, 0.4) is 0 Å². The van der Waals surface area contributed by atoms with Crippen LogP contribution < -0.4 is 5.32 Å². The number of hydrogen-bond donors (Lipinski definition) is 3. The van der Waals surface area contributed by atoms with Gasteiger partial charge in [-0.1, -0.05) is 6.92 Å². The predicted octanol–water partition coefficient (Wildman–Crippen LogP) is 1.08. The van der Waals surface area contributed by atoms with E-state index in [9.17, 15) is 9.90 Å². The zero-order valence-corrected chi connectivity index (χ0v) is 10.7. The van der Waals surface area contributed by atoms with Gasteiger partial charge in [-0.15, -0.1) is 0 Å². The molecule has 0 aliphatic heterocycles. The third-order valence-electron chi connectivity index (χ3n) is 2.78. The summed E-state index contributed by atoms with van der Waals surface area (Å²) in [5.74, 6) is 0.000139. The Hall–Kier alpha value is -0.260. The van der Waals surface area contributed by atoms with E-state index in [2.05, 4.69) is 5.32 Å². The maximum atomic E-state index is 11.0. The number of nitrogens with one attached hydrogen (secondary N) is 1. The van der Waals surface area contributed by atoms with E-state index in [1.807, 2.05) is 6.92 Å². The Morgan fingerprint density at radius 3 is 2.56 bits per heavy atom. The summed E-state index contributed by atoms with van der Waals surface area (Å²) in [4.78, 5) is 11.0. The molecule has 94 valence electrons. The topological polar surface area (TPSA) is 69.6 Å².